The van der Waals surface area contributed by atoms with Crippen LogP contribution in [0, 0.1) is 0 Å². The first kappa shape index (κ1) is 13.1. The molecule has 0 spiro atoms. The minimum atomic E-state index is 0.728. The maximum absolute atomic E-state index is 5.37. The van der Waals surface area contributed by atoms with E-state index in [1.54, 1.807) is 6.21 Å². The number of hydrogen-bond acceptors (Lipinski definition) is 2. The molecule has 0 N–H and O–H groups in total. The molecule has 0 unspecified atom stereocenters. The van der Waals surface area contributed by atoms with Gasteiger partial charge in [-0.2, -0.15) is 0 Å². The Morgan fingerprint density at radius 3 is 2.05 bits per heavy atom. The van der Waals surface area contributed by atoms with E-state index in [4.69, 9.17) is 4.84 Å². The van der Waals surface area contributed by atoms with E-state index in [0.717, 1.165) is 16.9 Å². The topological polar surface area (TPSA) is 21.6 Å². The van der Waals surface area contributed by atoms with Gasteiger partial charge in [-0.15, -0.1) is 0 Å². The molecule has 0 fully saturated rings. The third-order valence-corrected chi connectivity index (χ3v) is 3.14. The van der Waals surface area contributed by atoms with Crippen molar-refractivity contribution in [2.24, 2.45) is 5.16 Å². The fourth-order valence-corrected chi connectivity index (χ4v) is 2.12. The van der Waals surface area contributed by atoms with Gasteiger partial charge in [-0.25, -0.2) is 0 Å². The molecule has 0 aliphatic carbocycles. The summed E-state index contributed by atoms with van der Waals surface area (Å²) in [5.41, 5.74) is 3.33. The summed E-state index contributed by atoms with van der Waals surface area (Å²) in [4.78, 5) is 5.37. The van der Waals surface area contributed by atoms with Crippen LogP contribution in [-0.2, 0) is 0 Å². The lowest BCUT2D eigenvalue weighted by molar-refractivity contribution is 0.344. The van der Waals surface area contributed by atoms with Crippen molar-refractivity contribution in [3.8, 4) is 16.9 Å². The van der Waals surface area contributed by atoms with Crippen LogP contribution in [0.25, 0.3) is 11.1 Å². The Labute approximate surface area is 124 Å². The fraction of sp³-hybridized carbons (Fsp3) is 0. The second-order valence-electron chi connectivity index (χ2n) is 4.59. The van der Waals surface area contributed by atoms with Gasteiger partial charge in [0.25, 0.3) is 0 Å². The predicted molar refractivity (Wildman–Crippen MR) is 86.5 cm³/mol. The molecule has 0 aromatic heterocycles. The van der Waals surface area contributed by atoms with Crippen LogP contribution in [0.5, 0.6) is 5.75 Å². The van der Waals surface area contributed by atoms with Crippen molar-refractivity contribution < 1.29 is 4.84 Å². The second kappa shape index (κ2) is 6.53. The zero-order chi connectivity index (χ0) is 14.3. The molecular weight excluding hydrogens is 258 g/mol. The SMILES string of the molecule is C(=N\Oc1ccccc1)/c1ccccc1-c1ccccc1. The molecule has 21 heavy (non-hydrogen) atoms. The van der Waals surface area contributed by atoms with Gasteiger partial charge < -0.3 is 4.84 Å². The van der Waals surface area contributed by atoms with Crippen LogP contribution >= 0.6 is 0 Å². The highest BCUT2D eigenvalue weighted by atomic mass is 16.6. The zero-order valence-electron chi connectivity index (χ0n) is 11.5. The third kappa shape index (κ3) is 3.37. The number of rotatable bonds is 4. The van der Waals surface area contributed by atoms with E-state index in [2.05, 4.69) is 23.4 Å². The molecule has 3 rings (SSSR count). The molecule has 0 amide bonds. The molecule has 2 heteroatoms. The van der Waals surface area contributed by atoms with Gasteiger partial charge in [0.2, 0.25) is 0 Å². The van der Waals surface area contributed by atoms with E-state index in [1.165, 1.54) is 5.56 Å². The average molecular weight is 273 g/mol. The molecule has 3 aromatic rings. The molecule has 0 saturated heterocycles. The van der Waals surface area contributed by atoms with Gasteiger partial charge in [0.05, 0.1) is 6.21 Å². The maximum atomic E-state index is 5.37. The molecule has 0 saturated carbocycles. The lowest BCUT2D eigenvalue weighted by Gasteiger charge is -2.05. The quantitative estimate of drug-likeness (QED) is 0.496. The molecule has 0 heterocycles. The van der Waals surface area contributed by atoms with Crippen LogP contribution in [0.2, 0.25) is 0 Å². The Hall–Kier alpha value is -2.87. The number of oxime groups is 1. The molecule has 0 radical (unpaired) electrons. The molecule has 3 aromatic carbocycles. The van der Waals surface area contributed by atoms with Crippen molar-refractivity contribution in [2.45, 2.75) is 0 Å². The molecule has 0 bridgehead atoms. The molecule has 0 aliphatic rings. The van der Waals surface area contributed by atoms with E-state index in [1.807, 2.05) is 66.7 Å². The van der Waals surface area contributed by atoms with Crippen LogP contribution in [0.15, 0.2) is 90.1 Å². The Morgan fingerprint density at radius 1 is 0.667 bits per heavy atom. The highest BCUT2D eigenvalue weighted by Crippen LogP contribution is 2.22. The molecule has 0 aliphatic heterocycles. The van der Waals surface area contributed by atoms with E-state index in [0.29, 0.717) is 0 Å². The van der Waals surface area contributed by atoms with Crippen molar-refractivity contribution >= 4 is 6.21 Å². The fourth-order valence-electron chi connectivity index (χ4n) is 2.12. The summed E-state index contributed by atoms with van der Waals surface area (Å²) in [5, 5.41) is 4.07. The van der Waals surface area contributed by atoms with Gasteiger partial charge in [-0.05, 0) is 23.3 Å². The summed E-state index contributed by atoms with van der Waals surface area (Å²) in [6, 6.07) is 27.9. The lowest BCUT2D eigenvalue weighted by atomic mass is 10.0. The van der Waals surface area contributed by atoms with Crippen molar-refractivity contribution in [1.29, 1.82) is 0 Å². The third-order valence-electron chi connectivity index (χ3n) is 3.14. The average Bonchev–Trinajstić information content (AvgIpc) is 2.57. The summed E-state index contributed by atoms with van der Waals surface area (Å²) in [6.45, 7) is 0. The van der Waals surface area contributed by atoms with Gasteiger partial charge in [0.1, 0.15) is 0 Å². The van der Waals surface area contributed by atoms with Crippen LogP contribution in [0.3, 0.4) is 0 Å². The Morgan fingerprint density at radius 2 is 1.29 bits per heavy atom. The number of benzene rings is 3. The largest absolute Gasteiger partial charge is 0.357 e. The summed E-state index contributed by atoms with van der Waals surface area (Å²) in [7, 11) is 0. The molecular formula is C19H15NO. The zero-order valence-corrected chi connectivity index (χ0v) is 11.5. The first-order valence-corrected chi connectivity index (χ1v) is 6.83. The summed E-state index contributed by atoms with van der Waals surface area (Å²) in [6.07, 6.45) is 1.75. The van der Waals surface area contributed by atoms with E-state index in [-0.39, 0.29) is 0 Å². The maximum Gasteiger partial charge on any atom is 0.157 e. The number of hydrogen-bond donors (Lipinski definition) is 0. The van der Waals surface area contributed by atoms with Crippen molar-refractivity contribution in [3.05, 3.63) is 90.5 Å². The normalized spacial score (nSPS) is 10.7. The van der Waals surface area contributed by atoms with Crippen LogP contribution < -0.4 is 4.84 Å². The van der Waals surface area contributed by atoms with E-state index < -0.39 is 0 Å². The van der Waals surface area contributed by atoms with Crippen molar-refractivity contribution in [1.82, 2.24) is 0 Å². The van der Waals surface area contributed by atoms with Gasteiger partial charge in [0, 0.05) is 5.56 Å². The van der Waals surface area contributed by atoms with Crippen LogP contribution in [0.4, 0.5) is 0 Å². The van der Waals surface area contributed by atoms with Gasteiger partial charge in [0.15, 0.2) is 5.75 Å². The Bertz CT molecular complexity index is 721. The molecule has 2 nitrogen and oxygen atoms in total. The summed E-state index contributed by atoms with van der Waals surface area (Å²) in [5.74, 6) is 0.728. The number of para-hydroxylation sites is 1. The monoisotopic (exact) mass is 273 g/mol. The minimum Gasteiger partial charge on any atom is -0.357 e. The van der Waals surface area contributed by atoms with Gasteiger partial charge in [-0.3, -0.25) is 0 Å². The number of nitrogens with zero attached hydrogens (tertiary/aromatic N) is 1. The van der Waals surface area contributed by atoms with Gasteiger partial charge >= 0.3 is 0 Å². The van der Waals surface area contributed by atoms with Gasteiger partial charge in [-0.1, -0.05) is 78.0 Å². The van der Waals surface area contributed by atoms with E-state index in [9.17, 15) is 0 Å². The predicted octanol–water partition coefficient (Wildman–Crippen LogP) is 4.77. The summed E-state index contributed by atoms with van der Waals surface area (Å²) < 4.78 is 0. The van der Waals surface area contributed by atoms with Crippen LogP contribution in [0.1, 0.15) is 5.56 Å². The second-order valence-corrected chi connectivity index (χ2v) is 4.59. The molecule has 102 valence electrons. The first-order chi connectivity index (χ1) is 10.4. The Balaban J connectivity index is 1.83. The lowest BCUT2D eigenvalue weighted by Crippen LogP contribution is -1.90. The Kier molecular flexibility index (Phi) is 4.08. The highest BCUT2D eigenvalue weighted by Gasteiger charge is 2.01. The van der Waals surface area contributed by atoms with Crippen molar-refractivity contribution in [3.63, 3.8) is 0 Å². The van der Waals surface area contributed by atoms with Crippen LogP contribution in [-0.4, -0.2) is 6.21 Å². The molecule has 0 atom stereocenters. The van der Waals surface area contributed by atoms with Crippen molar-refractivity contribution in [2.75, 3.05) is 0 Å². The standard InChI is InChI=1S/C19H15NO/c1-3-9-16(10-4-1)19-14-8-7-11-17(19)15-20-21-18-12-5-2-6-13-18/h1-15H/b20-15+. The smallest absolute Gasteiger partial charge is 0.157 e. The highest BCUT2D eigenvalue weighted by molar-refractivity contribution is 5.90. The summed E-state index contributed by atoms with van der Waals surface area (Å²) >= 11 is 0. The minimum absolute atomic E-state index is 0.728. The first-order valence-electron chi connectivity index (χ1n) is 6.83. The van der Waals surface area contributed by atoms with E-state index >= 15 is 0 Å².